The number of morpholine rings is 1. The molecule has 8 heteroatoms. The summed E-state index contributed by atoms with van der Waals surface area (Å²) in [7, 11) is 0. The van der Waals surface area contributed by atoms with Gasteiger partial charge in [0.25, 0.3) is 11.1 Å². The Morgan fingerprint density at radius 1 is 1.18 bits per heavy atom. The molecule has 4 rings (SSSR count). The van der Waals surface area contributed by atoms with E-state index in [1.165, 1.54) is 16.5 Å². The molecule has 0 atom stereocenters. The van der Waals surface area contributed by atoms with Crippen LogP contribution in [0.4, 0.5) is 0 Å². The Kier molecular flexibility index (Phi) is 5.21. The van der Waals surface area contributed by atoms with Crippen molar-refractivity contribution in [2.45, 2.75) is 26.3 Å². The predicted molar refractivity (Wildman–Crippen MR) is 103 cm³/mol. The van der Waals surface area contributed by atoms with E-state index in [1.54, 1.807) is 4.90 Å². The topological polar surface area (TPSA) is 90.5 Å². The summed E-state index contributed by atoms with van der Waals surface area (Å²) in [6, 6.07) is 7.94. The second-order valence-electron chi connectivity index (χ2n) is 6.75. The number of amides is 1. The van der Waals surface area contributed by atoms with Gasteiger partial charge in [-0.2, -0.15) is 0 Å². The van der Waals surface area contributed by atoms with Gasteiger partial charge >= 0.3 is 0 Å². The lowest BCUT2D eigenvalue weighted by Gasteiger charge is -2.26. The molecule has 1 amide bonds. The summed E-state index contributed by atoms with van der Waals surface area (Å²) >= 11 is 0. The standard InChI is InChI=1S/C20H22N4O4/c1-2-14-3-5-15(6-4-14)17-18-19(28-22-17)20(26)24(13-21-18)8-7-16(25)23-9-11-27-12-10-23/h3-6,13H,2,7-12H2,1H3. The number of carbonyl (C=O) groups excluding carboxylic acids is 1. The molecule has 3 aromatic rings. The van der Waals surface area contributed by atoms with Crippen molar-refractivity contribution in [2.24, 2.45) is 0 Å². The molecule has 1 aliphatic heterocycles. The smallest absolute Gasteiger partial charge is 0.299 e. The first-order valence-electron chi connectivity index (χ1n) is 9.47. The zero-order valence-electron chi connectivity index (χ0n) is 15.8. The summed E-state index contributed by atoms with van der Waals surface area (Å²) in [6.07, 6.45) is 2.64. The number of aryl methyl sites for hydroxylation is 2. The molecule has 3 heterocycles. The minimum Gasteiger partial charge on any atom is -0.378 e. The van der Waals surface area contributed by atoms with Crippen molar-refractivity contribution in [3.8, 4) is 11.3 Å². The number of nitrogens with zero attached hydrogens (tertiary/aromatic N) is 4. The molecule has 1 fully saturated rings. The van der Waals surface area contributed by atoms with Crippen molar-refractivity contribution >= 4 is 17.0 Å². The minimum absolute atomic E-state index is 0.00423. The highest BCUT2D eigenvalue weighted by atomic mass is 16.5. The molecule has 1 aliphatic rings. The van der Waals surface area contributed by atoms with Crippen molar-refractivity contribution < 1.29 is 14.1 Å². The second-order valence-corrected chi connectivity index (χ2v) is 6.75. The molecule has 0 aliphatic carbocycles. The first-order valence-corrected chi connectivity index (χ1v) is 9.47. The molecule has 28 heavy (non-hydrogen) atoms. The maximum atomic E-state index is 12.7. The summed E-state index contributed by atoms with van der Waals surface area (Å²) in [4.78, 5) is 31.1. The number of aromatic nitrogens is 3. The number of rotatable bonds is 5. The lowest BCUT2D eigenvalue weighted by molar-refractivity contribution is -0.135. The molecule has 0 N–H and O–H groups in total. The highest BCUT2D eigenvalue weighted by Crippen LogP contribution is 2.24. The highest BCUT2D eigenvalue weighted by molar-refractivity contribution is 5.87. The highest BCUT2D eigenvalue weighted by Gasteiger charge is 2.19. The van der Waals surface area contributed by atoms with Gasteiger partial charge < -0.3 is 14.2 Å². The Morgan fingerprint density at radius 3 is 2.64 bits per heavy atom. The third-order valence-electron chi connectivity index (χ3n) is 5.01. The van der Waals surface area contributed by atoms with Gasteiger partial charge in [0.1, 0.15) is 11.2 Å². The van der Waals surface area contributed by atoms with Crippen molar-refractivity contribution in [3.63, 3.8) is 0 Å². The van der Waals surface area contributed by atoms with Gasteiger partial charge in [-0.3, -0.25) is 14.2 Å². The van der Waals surface area contributed by atoms with Gasteiger partial charge in [0.2, 0.25) is 5.91 Å². The third-order valence-corrected chi connectivity index (χ3v) is 5.01. The van der Waals surface area contributed by atoms with E-state index in [4.69, 9.17) is 9.26 Å². The first kappa shape index (κ1) is 18.4. The van der Waals surface area contributed by atoms with Crippen LogP contribution in [0.3, 0.4) is 0 Å². The van der Waals surface area contributed by atoms with Crippen molar-refractivity contribution in [1.29, 1.82) is 0 Å². The maximum absolute atomic E-state index is 12.7. The zero-order valence-corrected chi connectivity index (χ0v) is 15.8. The Labute approximate surface area is 161 Å². The lowest BCUT2D eigenvalue weighted by Crippen LogP contribution is -2.41. The van der Waals surface area contributed by atoms with E-state index in [-0.39, 0.29) is 30.0 Å². The van der Waals surface area contributed by atoms with Crippen LogP contribution in [-0.4, -0.2) is 51.8 Å². The van der Waals surface area contributed by atoms with Gasteiger partial charge in [-0.15, -0.1) is 0 Å². The van der Waals surface area contributed by atoms with Gasteiger partial charge in [-0.05, 0) is 12.0 Å². The molecule has 0 bridgehead atoms. The molecule has 1 aromatic carbocycles. The molecule has 0 unspecified atom stereocenters. The van der Waals surface area contributed by atoms with Gasteiger partial charge in [0, 0.05) is 31.6 Å². The monoisotopic (exact) mass is 382 g/mol. The van der Waals surface area contributed by atoms with Crippen molar-refractivity contribution in [2.75, 3.05) is 26.3 Å². The molecular formula is C20H22N4O4. The molecule has 8 nitrogen and oxygen atoms in total. The van der Waals surface area contributed by atoms with E-state index in [2.05, 4.69) is 17.1 Å². The van der Waals surface area contributed by atoms with Crippen molar-refractivity contribution in [1.82, 2.24) is 19.6 Å². The number of ether oxygens (including phenoxy) is 1. The van der Waals surface area contributed by atoms with Crippen LogP contribution in [0.25, 0.3) is 22.4 Å². The average Bonchev–Trinajstić information content (AvgIpc) is 3.18. The summed E-state index contributed by atoms with van der Waals surface area (Å²) in [6.45, 7) is 4.63. The third kappa shape index (κ3) is 3.55. The number of hydrogen-bond acceptors (Lipinski definition) is 6. The number of hydrogen-bond donors (Lipinski definition) is 0. The van der Waals surface area contributed by atoms with Crippen LogP contribution in [-0.2, 0) is 22.5 Å². The number of fused-ring (bicyclic) bond motifs is 1. The zero-order chi connectivity index (χ0) is 19.5. The number of carbonyl (C=O) groups is 1. The Bertz CT molecular complexity index is 1030. The Balaban J connectivity index is 1.54. The minimum atomic E-state index is -0.330. The van der Waals surface area contributed by atoms with E-state index in [1.807, 2.05) is 24.3 Å². The molecule has 0 radical (unpaired) electrons. The lowest BCUT2D eigenvalue weighted by atomic mass is 10.1. The quantitative estimate of drug-likeness (QED) is 0.669. The van der Waals surface area contributed by atoms with E-state index in [0.717, 1.165) is 12.0 Å². The fraction of sp³-hybridized carbons (Fsp3) is 0.400. The van der Waals surface area contributed by atoms with Crippen LogP contribution < -0.4 is 5.56 Å². The van der Waals surface area contributed by atoms with Gasteiger partial charge in [0.15, 0.2) is 0 Å². The van der Waals surface area contributed by atoms with Crippen LogP contribution in [0.2, 0.25) is 0 Å². The van der Waals surface area contributed by atoms with Gasteiger partial charge in [0.05, 0.1) is 19.5 Å². The summed E-state index contributed by atoms with van der Waals surface area (Å²) in [5.74, 6) is 0.00423. The fourth-order valence-corrected chi connectivity index (χ4v) is 3.29. The normalized spacial score (nSPS) is 14.5. The molecule has 0 spiro atoms. The molecule has 0 saturated carbocycles. The number of benzene rings is 1. The van der Waals surface area contributed by atoms with Crippen LogP contribution in [0.1, 0.15) is 18.9 Å². The molecular weight excluding hydrogens is 360 g/mol. The Morgan fingerprint density at radius 2 is 1.93 bits per heavy atom. The van der Waals surface area contributed by atoms with Gasteiger partial charge in [-0.1, -0.05) is 36.3 Å². The fourth-order valence-electron chi connectivity index (χ4n) is 3.29. The molecule has 146 valence electrons. The summed E-state index contributed by atoms with van der Waals surface area (Å²) < 4.78 is 11.9. The summed E-state index contributed by atoms with van der Waals surface area (Å²) in [5, 5.41) is 4.05. The average molecular weight is 382 g/mol. The first-order chi connectivity index (χ1) is 13.7. The predicted octanol–water partition coefficient (Wildman–Crippen LogP) is 1.86. The van der Waals surface area contributed by atoms with Crippen LogP contribution in [0.15, 0.2) is 39.9 Å². The van der Waals surface area contributed by atoms with E-state index in [0.29, 0.717) is 37.5 Å². The van der Waals surface area contributed by atoms with Crippen molar-refractivity contribution in [3.05, 3.63) is 46.5 Å². The summed E-state index contributed by atoms with van der Waals surface area (Å²) in [5.41, 5.74) is 2.83. The molecule has 2 aromatic heterocycles. The second kappa shape index (κ2) is 7.93. The largest absolute Gasteiger partial charge is 0.378 e. The molecule has 1 saturated heterocycles. The SMILES string of the molecule is CCc1ccc(-c2noc3c(=O)n(CCC(=O)N4CCOCC4)cnc23)cc1. The van der Waals surface area contributed by atoms with Crippen LogP contribution in [0.5, 0.6) is 0 Å². The van der Waals surface area contributed by atoms with E-state index in [9.17, 15) is 9.59 Å². The van der Waals surface area contributed by atoms with Crippen LogP contribution >= 0.6 is 0 Å². The van der Waals surface area contributed by atoms with Gasteiger partial charge in [-0.25, -0.2) is 4.98 Å². The van der Waals surface area contributed by atoms with Crippen LogP contribution in [0, 0.1) is 0 Å². The van der Waals surface area contributed by atoms with E-state index >= 15 is 0 Å². The maximum Gasteiger partial charge on any atom is 0.299 e. The van der Waals surface area contributed by atoms with E-state index < -0.39 is 0 Å². The Hall–Kier alpha value is -3.00.